The van der Waals surface area contributed by atoms with Crippen molar-refractivity contribution in [1.82, 2.24) is 0 Å². The number of anilines is 1. The number of nitrogens with two attached hydrogens (primary N) is 2. The van der Waals surface area contributed by atoms with E-state index in [0.29, 0.717) is 5.69 Å². The summed E-state index contributed by atoms with van der Waals surface area (Å²) < 4.78 is 21.8. The van der Waals surface area contributed by atoms with E-state index in [-0.39, 0.29) is 10.5 Å². The highest BCUT2D eigenvalue weighted by Crippen LogP contribution is 2.16. The summed E-state index contributed by atoms with van der Waals surface area (Å²) in [6.45, 7) is 0. The summed E-state index contributed by atoms with van der Waals surface area (Å²) in [5, 5.41) is 13.4. The Morgan fingerprint density at radius 1 is 1.38 bits per heavy atom. The van der Waals surface area contributed by atoms with Crippen LogP contribution in [0.1, 0.15) is 5.56 Å². The van der Waals surface area contributed by atoms with E-state index < -0.39 is 10.0 Å². The fourth-order valence-electron chi connectivity index (χ4n) is 0.883. The first kappa shape index (κ1) is 9.51. The van der Waals surface area contributed by atoms with Gasteiger partial charge in [0.25, 0.3) is 0 Å². The van der Waals surface area contributed by atoms with Gasteiger partial charge in [0.15, 0.2) is 0 Å². The van der Waals surface area contributed by atoms with Crippen LogP contribution in [0.15, 0.2) is 23.1 Å². The number of nitrogen functional groups attached to an aromatic ring is 1. The third-order valence-corrected chi connectivity index (χ3v) is 2.40. The van der Waals surface area contributed by atoms with Gasteiger partial charge in [-0.1, -0.05) is 0 Å². The predicted octanol–water partition coefficient (Wildman–Crippen LogP) is -0.212. The van der Waals surface area contributed by atoms with E-state index in [4.69, 9.17) is 16.1 Å². The molecular formula is C7H7N3O2S. The molecule has 0 saturated heterocycles. The Labute approximate surface area is 75.6 Å². The molecule has 0 unspecified atom stereocenters. The zero-order chi connectivity index (χ0) is 10.1. The lowest BCUT2D eigenvalue weighted by Gasteiger charge is -2.00. The van der Waals surface area contributed by atoms with Crippen LogP contribution >= 0.6 is 0 Å². The zero-order valence-corrected chi connectivity index (χ0v) is 7.38. The Bertz CT molecular complexity index is 473. The molecule has 4 N–H and O–H groups in total. The van der Waals surface area contributed by atoms with Crippen LogP contribution in [0.25, 0.3) is 0 Å². The molecule has 0 atom stereocenters. The number of nitriles is 1. The van der Waals surface area contributed by atoms with E-state index >= 15 is 0 Å². The lowest BCUT2D eigenvalue weighted by Crippen LogP contribution is -2.13. The highest BCUT2D eigenvalue weighted by Gasteiger charge is 2.13. The van der Waals surface area contributed by atoms with Crippen LogP contribution in [-0.2, 0) is 10.0 Å². The van der Waals surface area contributed by atoms with Crippen LogP contribution in [0.4, 0.5) is 5.69 Å². The van der Waals surface area contributed by atoms with Crippen LogP contribution in [0.3, 0.4) is 0 Å². The van der Waals surface area contributed by atoms with E-state index in [2.05, 4.69) is 0 Å². The highest BCUT2D eigenvalue weighted by atomic mass is 32.2. The first-order chi connectivity index (χ1) is 5.95. The van der Waals surface area contributed by atoms with Gasteiger partial charge < -0.3 is 5.73 Å². The molecule has 5 nitrogen and oxygen atoms in total. The molecule has 68 valence electrons. The second-order valence-corrected chi connectivity index (χ2v) is 3.94. The summed E-state index contributed by atoms with van der Waals surface area (Å²) in [6.07, 6.45) is 0. The van der Waals surface area contributed by atoms with Crippen LogP contribution in [-0.4, -0.2) is 8.42 Å². The molecule has 0 fully saturated rings. The maximum absolute atomic E-state index is 10.9. The van der Waals surface area contributed by atoms with E-state index in [1.54, 1.807) is 6.07 Å². The minimum atomic E-state index is -3.84. The molecule has 1 aromatic rings. The Morgan fingerprint density at radius 3 is 2.46 bits per heavy atom. The van der Waals surface area contributed by atoms with Crippen LogP contribution in [0.5, 0.6) is 0 Å². The monoisotopic (exact) mass is 197 g/mol. The summed E-state index contributed by atoms with van der Waals surface area (Å²) >= 11 is 0. The molecule has 0 radical (unpaired) electrons. The third-order valence-electron chi connectivity index (χ3n) is 1.43. The fourth-order valence-corrected chi connectivity index (χ4v) is 1.55. The van der Waals surface area contributed by atoms with Gasteiger partial charge in [0, 0.05) is 5.69 Å². The molecule has 0 amide bonds. The number of benzene rings is 1. The summed E-state index contributed by atoms with van der Waals surface area (Å²) in [4.78, 5) is -0.204. The number of sulfonamides is 1. The lowest BCUT2D eigenvalue weighted by atomic mass is 10.2. The predicted molar refractivity (Wildman–Crippen MR) is 46.9 cm³/mol. The van der Waals surface area contributed by atoms with Crippen LogP contribution in [0.2, 0.25) is 0 Å². The number of rotatable bonds is 1. The van der Waals surface area contributed by atoms with Crippen molar-refractivity contribution in [3.63, 3.8) is 0 Å². The molecule has 0 bridgehead atoms. The molecule has 0 aliphatic heterocycles. The molecule has 1 aromatic carbocycles. The minimum Gasteiger partial charge on any atom is -0.399 e. The fraction of sp³-hybridized carbons (Fsp3) is 0. The van der Waals surface area contributed by atoms with E-state index in [0.717, 1.165) is 0 Å². The largest absolute Gasteiger partial charge is 0.399 e. The van der Waals surface area contributed by atoms with Crippen molar-refractivity contribution in [2.75, 3.05) is 5.73 Å². The second kappa shape index (κ2) is 3.05. The van der Waals surface area contributed by atoms with Crippen molar-refractivity contribution in [1.29, 1.82) is 5.26 Å². The quantitative estimate of drug-likeness (QED) is 0.606. The maximum Gasteiger partial charge on any atom is 0.239 e. The summed E-state index contributed by atoms with van der Waals surface area (Å²) in [5.41, 5.74) is 5.64. The highest BCUT2D eigenvalue weighted by molar-refractivity contribution is 7.89. The van der Waals surface area contributed by atoms with E-state index in [1.807, 2.05) is 0 Å². The van der Waals surface area contributed by atoms with Gasteiger partial charge >= 0.3 is 0 Å². The first-order valence-electron chi connectivity index (χ1n) is 3.27. The van der Waals surface area contributed by atoms with Crippen molar-refractivity contribution in [2.24, 2.45) is 5.14 Å². The Morgan fingerprint density at radius 2 is 2.00 bits per heavy atom. The molecule has 0 heterocycles. The maximum atomic E-state index is 10.9. The van der Waals surface area contributed by atoms with Gasteiger partial charge in [0.1, 0.15) is 6.07 Å². The normalized spacial score (nSPS) is 10.8. The van der Waals surface area contributed by atoms with Gasteiger partial charge in [-0.25, -0.2) is 13.6 Å². The van der Waals surface area contributed by atoms with Gasteiger partial charge in [0.2, 0.25) is 10.0 Å². The first-order valence-corrected chi connectivity index (χ1v) is 4.82. The molecule has 0 saturated carbocycles. The van der Waals surface area contributed by atoms with E-state index in [1.165, 1.54) is 18.2 Å². The molecule has 0 spiro atoms. The van der Waals surface area contributed by atoms with Crippen LogP contribution < -0.4 is 10.9 Å². The number of primary sulfonamides is 1. The number of hydrogen-bond acceptors (Lipinski definition) is 4. The van der Waals surface area contributed by atoms with Gasteiger partial charge in [0.05, 0.1) is 10.5 Å². The minimum absolute atomic E-state index is 0.0394. The molecule has 0 aliphatic carbocycles. The van der Waals surface area contributed by atoms with Crippen molar-refractivity contribution in [2.45, 2.75) is 4.90 Å². The zero-order valence-electron chi connectivity index (χ0n) is 6.56. The summed E-state index contributed by atoms with van der Waals surface area (Å²) in [7, 11) is -3.84. The van der Waals surface area contributed by atoms with Crippen molar-refractivity contribution in [3.05, 3.63) is 23.8 Å². The van der Waals surface area contributed by atoms with Gasteiger partial charge in [-0.05, 0) is 18.2 Å². The third kappa shape index (κ3) is 1.96. The molecule has 13 heavy (non-hydrogen) atoms. The molecular weight excluding hydrogens is 190 g/mol. The number of hydrogen-bond donors (Lipinski definition) is 2. The second-order valence-electron chi connectivity index (χ2n) is 2.41. The topological polar surface area (TPSA) is 110 Å². The van der Waals surface area contributed by atoms with Crippen molar-refractivity contribution < 1.29 is 8.42 Å². The summed E-state index contributed by atoms with van der Waals surface area (Å²) in [6, 6.07) is 5.55. The Hall–Kier alpha value is -1.58. The summed E-state index contributed by atoms with van der Waals surface area (Å²) in [5.74, 6) is 0. The smallest absolute Gasteiger partial charge is 0.239 e. The molecule has 0 aliphatic rings. The lowest BCUT2D eigenvalue weighted by molar-refractivity contribution is 0.597. The molecule has 0 aromatic heterocycles. The standard InChI is InChI=1S/C7H7N3O2S/c8-4-5-3-6(9)1-2-7(5)13(10,11)12/h1-3H,9H2,(H2,10,11,12). The van der Waals surface area contributed by atoms with Gasteiger partial charge in [-0.2, -0.15) is 5.26 Å². The Balaban J connectivity index is 3.50. The van der Waals surface area contributed by atoms with Crippen molar-refractivity contribution >= 4 is 15.7 Å². The van der Waals surface area contributed by atoms with Crippen molar-refractivity contribution in [3.8, 4) is 6.07 Å². The molecule has 1 rings (SSSR count). The van der Waals surface area contributed by atoms with E-state index in [9.17, 15) is 8.42 Å². The SMILES string of the molecule is N#Cc1cc(N)ccc1S(N)(=O)=O. The van der Waals surface area contributed by atoms with Gasteiger partial charge in [-0.3, -0.25) is 0 Å². The number of nitrogens with zero attached hydrogens (tertiary/aromatic N) is 1. The Kier molecular flexibility index (Phi) is 2.23. The average molecular weight is 197 g/mol. The van der Waals surface area contributed by atoms with Crippen LogP contribution in [0, 0.1) is 11.3 Å². The average Bonchev–Trinajstić information content (AvgIpc) is 2.01. The van der Waals surface area contributed by atoms with Gasteiger partial charge in [-0.15, -0.1) is 0 Å². The molecule has 6 heteroatoms.